The lowest BCUT2D eigenvalue weighted by Gasteiger charge is -2.32. The second kappa shape index (κ2) is 7.43. The van der Waals surface area contributed by atoms with E-state index in [1.807, 2.05) is 24.0 Å². The van der Waals surface area contributed by atoms with Crippen LogP contribution >= 0.6 is 11.6 Å². The number of nitrogens with zero attached hydrogens (tertiary/aromatic N) is 3. The third-order valence-corrected chi connectivity index (χ3v) is 4.88. The summed E-state index contributed by atoms with van der Waals surface area (Å²) in [6, 6.07) is 7.40. The molecule has 0 unspecified atom stereocenters. The highest BCUT2D eigenvalue weighted by atomic mass is 35.5. The Kier molecular flexibility index (Phi) is 5.30. The van der Waals surface area contributed by atoms with E-state index in [1.54, 1.807) is 12.1 Å². The van der Waals surface area contributed by atoms with E-state index in [9.17, 15) is 4.39 Å². The molecule has 1 aliphatic heterocycles. The molecule has 4 nitrogen and oxygen atoms in total. The molecule has 6 heteroatoms. The zero-order valence-corrected chi connectivity index (χ0v) is 14.1. The predicted octanol–water partition coefficient (Wildman–Crippen LogP) is 2.97. The highest BCUT2D eigenvalue weighted by Gasteiger charge is 2.20. The molecular weight excluding hydrogens is 315 g/mol. The van der Waals surface area contributed by atoms with Crippen molar-refractivity contribution in [3.8, 4) is 0 Å². The molecule has 0 amide bonds. The Morgan fingerprint density at radius 3 is 2.74 bits per heavy atom. The van der Waals surface area contributed by atoms with Crippen molar-refractivity contribution in [1.82, 2.24) is 20.0 Å². The largest absolute Gasteiger partial charge is 0.308 e. The molecule has 3 rings (SSSR count). The first-order valence-corrected chi connectivity index (χ1v) is 8.37. The molecule has 0 aliphatic carbocycles. The number of hydrogen-bond acceptors (Lipinski definition) is 3. The summed E-state index contributed by atoms with van der Waals surface area (Å²) in [6.45, 7) is 3.32. The molecule has 1 aliphatic rings. The van der Waals surface area contributed by atoms with E-state index in [0.29, 0.717) is 23.2 Å². The van der Waals surface area contributed by atoms with Crippen molar-refractivity contribution in [1.29, 1.82) is 0 Å². The van der Waals surface area contributed by atoms with Gasteiger partial charge in [0.25, 0.3) is 0 Å². The van der Waals surface area contributed by atoms with Crippen LogP contribution in [0.5, 0.6) is 0 Å². The monoisotopic (exact) mass is 336 g/mol. The number of aromatic nitrogens is 2. The van der Waals surface area contributed by atoms with Gasteiger partial charge >= 0.3 is 0 Å². The molecule has 1 fully saturated rings. The molecule has 1 N–H and O–H groups in total. The van der Waals surface area contributed by atoms with Crippen molar-refractivity contribution >= 4 is 11.6 Å². The van der Waals surface area contributed by atoms with Crippen LogP contribution in [0.15, 0.2) is 30.5 Å². The zero-order chi connectivity index (χ0) is 16.2. The first-order valence-electron chi connectivity index (χ1n) is 7.99. The number of hydrogen-bond donors (Lipinski definition) is 1. The maximum Gasteiger partial charge on any atom is 0.129 e. The van der Waals surface area contributed by atoms with Gasteiger partial charge in [-0.05, 0) is 44.1 Å². The number of piperidine rings is 1. The van der Waals surface area contributed by atoms with E-state index in [-0.39, 0.29) is 5.82 Å². The van der Waals surface area contributed by atoms with Crippen molar-refractivity contribution in [3.05, 3.63) is 52.6 Å². The zero-order valence-electron chi connectivity index (χ0n) is 13.3. The Hall–Kier alpha value is -1.43. The first kappa shape index (κ1) is 16.4. The Bertz CT molecular complexity index is 630. The van der Waals surface area contributed by atoms with Crippen molar-refractivity contribution in [2.75, 3.05) is 13.1 Å². The smallest absolute Gasteiger partial charge is 0.129 e. The van der Waals surface area contributed by atoms with Gasteiger partial charge in [0, 0.05) is 43.0 Å². The average molecular weight is 337 g/mol. The summed E-state index contributed by atoms with van der Waals surface area (Å²) in [5.41, 5.74) is 1.79. The average Bonchev–Trinajstić information content (AvgIpc) is 2.95. The lowest BCUT2D eigenvalue weighted by Crippen LogP contribution is -2.42. The molecule has 0 radical (unpaired) electrons. The van der Waals surface area contributed by atoms with Crippen LogP contribution in [-0.4, -0.2) is 33.8 Å². The van der Waals surface area contributed by atoms with Crippen molar-refractivity contribution in [2.45, 2.75) is 32.0 Å². The lowest BCUT2D eigenvalue weighted by molar-refractivity contribution is 0.188. The summed E-state index contributed by atoms with van der Waals surface area (Å²) in [5, 5.41) is 8.28. The van der Waals surface area contributed by atoms with Crippen LogP contribution in [0.25, 0.3) is 0 Å². The van der Waals surface area contributed by atoms with E-state index in [1.165, 1.54) is 11.8 Å². The van der Waals surface area contributed by atoms with Crippen molar-refractivity contribution in [3.63, 3.8) is 0 Å². The van der Waals surface area contributed by atoms with E-state index in [2.05, 4.69) is 15.3 Å². The van der Waals surface area contributed by atoms with Crippen LogP contribution in [-0.2, 0) is 20.1 Å². The van der Waals surface area contributed by atoms with Crippen LogP contribution in [0.4, 0.5) is 4.39 Å². The summed E-state index contributed by atoms with van der Waals surface area (Å²) < 4.78 is 15.8. The van der Waals surface area contributed by atoms with E-state index in [0.717, 1.165) is 32.5 Å². The molecule has 2 aromatic rings. The van der Waals surface area contributed by atoms with Gasteiger partial charge in [-0.2, -0.15) is 5.10 Å². The number of halogens is 2. The summed E-state index contributed by atoms with van der Waals surface area (Å²) in [6.07, 6.45) is 3.94. The second-order valence-corrected chi connectivity index (χ2v) is 6.48. The Morgan fingerprint density at radius 2 is 2.09 bits per heavy atom. The fraction of sp³-hybridized carbons (Fsp3) is 0.471. The summed E-state index contributed by atoms with van der Waals surface area (Å²) in [4.78, 5) is 2.27. The number of nitrogens with one attached hydrogen (secondary N) is 1. The van der Waals surface area contributed by atoms with Crippen LogP contribution in [0, 0.1) is 5.82 Å². The second-order valence-electron chi connectivity index (χ2n) is 6.08. The SMILES string of the molecule is Cn1nccc1CNC1CCN(Cc2c(F)cccc2Cl)CC1. The number of benzene rings is 1. The van der Waals surface area contributed by atoms with Crippen LogP contribution in [0.3, 0.4) is 0 Å². The first-order chi connectivity index (χ1) is 11.1. The van der Waals surface area contributed by atoms with E-state index in [4.69, 9.17) is 11.6 Å². The number of likely N-dealkylation sites (tertiary alicyclic amines) is 1. The molecular formula is C17H22ClFN4. The molecule has 0 spiro atoms. The summed E-state index contributed by atoms with van der Waals surface area (Å²) in [7, 11) is 1.96. The quantitative estimate of drug-likeness (QED) is 0.911. The number of aryl methyl sites for hydroxylation is 1. The van der Waals surface area contributed by atoms with E-state index >= 15 is 0 Å². The van der Waals surface area contributed by atoms with Gasteiger partial charge in [-0.3, -0.25) is 9.58 Å². The fourth-order valence-electron chi connectivity index (χ4n) is 3.03. The Morgan fingerprint density at radius 1 is 1.30 bits per heavy atom. The van der Waals surface area contributed by atoms with Gasteiger partial charge in [-0.25, -0.2) is 4.39 Å². The topological polar surface area (TPSA) is 33.1 Å². The molecule has 2 heterocycles. The number of rotatable bonds is 5. The molecule has 1 aromatic carbocycles. The van der Waals surface area contributed by atoms with Gasteiger partial charge < -0.3 is 5.32 Å². The van der Waals surface area contributed by atoms with Crippen LogP contribution in [0.2, 0.25) is 5.02 Å². The van der Waals surface area contributed by atoms with Gasteiger partial charge in [-0.1, -0.05) is 17.7 Å². The maximum absolute atomic E-state index is 13.9. The Balaban J connectivity index is 1.48. The van der Waals surface area contributed by atoms with Gasteiger partial charge in [0.15, 0.2) is 0 Å². The van der Waals surface area contributed by atoms with Crippen molar-refractivity contribution < 1.29 is 4.39 Å². The third kappa shape index (κ3) is 4.10. The Labute approximate surface area is 141 Å². The predicted molar refractivity (Wildman–Crippen MR) is 89.8 cm³/mol. The molecule has 124 valence electrons. The van der Waals surface area contributed by atoms with Gasteiger partial charge in [0.2, 0.25) is 0 Å². The van der Waals surface area contributed by atoms with Crippen molar-refractivity contribution in [2.24, 2.45) is 7.05 Å². The molecule has 23 heavy (non-hydrogen) atoms. The van der Waals surface area contributed by atoms with Gasteiger partial charge in [0.1, 0.15) is 5.82 Å². The van der Waals surface area contributed by atoms with E-state index < -0.39 is 0 Å². The maximum atomic E-state index is 13.9. The summed E-state index contributed by atoms with van der Waals surface area (Å²) in [5.74, 6) is -0.214. The standard InChI is InChI=1S/C17H22ClFN4/c1-22-14(5-8-21-22)11-20-13-6-9-23(10-7-13)12-15-16(18)3-2-4-17(15)19/h2-5,8,13,20H,6-7,9-12H2,1H3. The summed E-state index contributed by atoms with van der Waals surface area (Å²) >= 11 is 6.11. The highest BCUT2D eigenvalue weighted by Crippen LogP contribution is 2.22. The fourth-order valence-corrected chi connectivity index (χ4v) is 3.25. The minimum Gasteiger partial charge on any atom is -0.308 e. The molecule has 0 bridgehead atoms. The normalized spacial score (nSPS) is 16.8. The molecule has 0 saturated carbocycles. The molecule has 1 saturated heterocycles. The van der Waals surface area contributed by atoms with Gasteiger partial charge in [-0.15, -0.1) is 0 Å². The minimum absolute atomic E-state index is 0.214. The van der Waals surface area contributed by atoms with Crippen LogP contribution in [0.1, 0.15) is 24.1 Å². The molecule has 0 atom stereocenters. The van der Waals surface area contributed by atoms with Gasteiger partial charge in [0.05, 0.1) is 5.69 Å². The molecule has 1 aromatic heterocycles. The lowest BCUT2D eigenvalue weighted by atomic mass is 10.0. The van der Waals surface area contributed by atoms with Crippen LogP contribution < -0.4 is 5.32 Å². The highest BCUT2D eigenvalue weighted by molar-refractivity contribution is 6.31. The third-order valence-electron chi connectivity index (χ3n) is 4.53. The minimum atomic E-state index is -0.214.